The van der Waals surface area contributed by atoms with Gasteiger partial charge < -0.3 is 14.8 Å². The average molecular weight is 279 g/mol. The van der Waals surface area contributed by atoms with Crippen molar-refractivity contribution in [3.8, 4) is 5.75 Å². The molecule has 3 nitrogen and oxygen atoms in total. The van der Waals surface area contributed by atoms with Gasteiger partial charge in [0.1, 0.15) is 5.75 Å². The van der Waals surface area contributed by atoms with Crippen LogP contribution >= 0.6 is 0 Å². The highest BCUT2D eigenvalue weighted by Gasteiger charge is 2.16. The van der Waals surface area contributed by atoms with Gasteiger partial charge in [-0.1, -0.05) is 38.5 Å². The summed E-state index contributed by atoms with van der Waals surface area (Å²) in [4.78, 5) is 0. The van der Waals surface area contributed by atoms with Crippen molar-refractivity contribution in [2.24, 2.45) is 0 Å². The Kier molecular flexibility index (Phi) is 8.31. The minimum Gasteiger partial charge on any atom is -0.496 e. The highest BCUT2D eigenvalue weighted by Crippen LogP contribution is 2.25. The van der Waals surface area contributed by atoms with E-state index in [1.165, 1.54) is 5.56 Å². The van der Waals surface area contributed by atoms with Crippen LogP contribution in [0.5, 0.6) is 5.75 Å². The SMILES string of the molecule is CCCNC(COC(C)CCC)c1ccccc1OC. The molecular weight excluding hydrogens is 250 g/mol. The maximum absolute atomic E-state index is 5.98. The predicted octanol–water partition coefficient (Wildman–Crippen LogP) is 3.94. The Morgan fingerprint density at radius 2 is 1.90 bits per heavy atom. The molecule has 2 unspecified atom stereocenters. The van der Waals surface area contributed by atoms with Crippen LogP contribution < -0.4 is 10.1 Å². The molecule has 0 saturated carbocycles. The smallest absolute Gasteiger partial charge is 0.123 e. The van der Waals surface area contributed by atoms with Crippen LogP contribution in [0, 0.1) is 0 Å². The van der Waals surface area contributed by atoms with Crippen LogP contribution in [0.2, 0.25) is 0 Å². The molecule has 0 saturated heterocycles. The fourth-order valence-electron chi connectivity index (χ4n) is 2.28. The fourth-order valence-corrected chi connectivity index (χ4v) is 2.28. The molecule has 0 aliphatic rings. The fraction of sp³-hybridized carbons (Fsp3) is 0.647. The summed E-state index contributed by atoms with van der Waals surface area (Å²) < 4.78 is 11.4. The topological polar surface area (TPSA) is 30.5 Å². The van der Waals surface area contributed by atoms with Crippen molar-refractivity contribution < 1.29 is 9.47 Å². The van der Waals surface area contributed by atoms with E-state index >= 15 is 0 Å². The number of para-hydroxylation sites is 1. The molecule has 0 amide bonds. The molecule has 0 radical (unpaired) electrons. The van der Waals surface area contributed by atoms with Gasteiger partial charge in [0.25, 0.3) is 0 Å². The lowest BCUT2D eigenvalue weighted by molar-refractivity contribution is 0.0436. The van der Waals surface area contributed by atoms with Gasteiger partial charge in [-0.25, -0.2) is 0 Å². The molecule has 2 atom stereocenters. The van der Waals surface area contributed by atoms with E-state index in [0.717, 1.165) is 31.6 Å². The minimum absolute atomic E-state index is 0.186. The lowest BCUT2D eigenvalue weighted by Crippen LogP contribution is -2.28. The Morgan fingerprint density at radius 1 is 1.15 bits per heavy atom. The van der Waals surface area contributed by atoms with Gasteiger partial charge in [0, 0.05) is 5.56 Å². The molecule has 0 bridgehead atoms. The van der Waals surface area contributed by atoms with Crippen molar-refractivity contribution in [3.05, 3.63) is 29.8 Å². The Balaban J connectivity index is 2.72. The third-order valence-corrected chi connectivity index (χ3v) is 3.40. The third kappa shape index (κ3) is 5.51. The Morgan fingerprint density at radius 3 is 2.55 bits per heavy atom. The molecule has 1 N–H and O–H groups in total. The van der Waals surface area contributed by atoms with Crippen LogP contribution in [0.4, 0.5) is 0 Å². The number of hydrogen-bond donors (Lipinski definition) is 1. The molecule has 0 aromatic heterocycles. The van der Waals surface area contributed by atoms with Crippen LogP contribution in [-0.2, 0) is 4.74 Å². The summed E-state index contributed by atoms with van der Waals surface area (Å²) in [5.74, 6) is 0.924. The van der Waals surface area contributed by atoms with Crippen LogP contribution in [0.25, 0.3) is 0 Å². The van der Waals surface area contributed by atoms with E-state index in [0.29, 0.717) is 12.7 Å². The molecule has 0 heterocycles. The summed E-state index contributed by atoms with van der Waals surface area (Å²) in [6.45, 7) is 8.16. The Hall–Kier alpha value is -1.06. The second-order valence-corrected chi connectivity index (χ2v) is 5.18. The minimum atomic E-state index is 0.186. The zero-order chi connectivity index (χ0) is 14.8. The summed E-state index contributed by atoms with van der Waals surface area (Å²) in [6, 6.07) is 8.35. The van der Waals surface area contributed by atoms with E-state index in [2.05, 4.69) is 32.2 Å². The van der Waals surface area contributed by atoms with Crippen molar-refractivity contribution in [1.29, 1.82) is 0 Å². The van der Waals surface area contributed by atoms with Gasteiger partial charge in [-0.3, -0.25) is 0 Å². The molecule has 0 fully saturated rings. The lowest BCUT2D eigenvalue weighted by Gasteiger charge is -2.23. The summed E-state index contributed by atoms with van der Waals surface area (Å²) in [5.41, 5.74) is 1.17. The second kappa shape index (κ2) is 9.78. The molecule has 20 heavy (non-hydrogen) atoms. The van der Waals surface area contributed by atoms with Crippen molar-refractivity contribution in [2.75, 3.05) is 20.3 Å². The van der Waals surface area contributed by atoms with Crippen LogP contribution in [0.15, 0.2) is 24.3 Å². The third-order valence-electron chi connectivity index (χ3n) is 3.40. The summed E-state index contributed by atoms with van der Waals surface area (Å²) >= 11 is 0. The Labute approximate surface area is 123 Å². The quantitative estimate of drug-likeness (QED) is 0.703. The molecule has 0 spiro atoms. The predicted molar refractivity (Wildman–Crippen MR) is 84.4 cm³/mol. The number of nitrogens with one attached hydrogen (secondary N) is 1. The zero-order valence-electron chi connectivity index (χ0n) is 13.3. The van der Waals surface area contributed by atoms with Crippen molar-refractivity contribution in [3.63, 3.8) is 0 Å². The highest BCUT2D eigenvalue weighted by atomic mass is 16.5. The first-order valence-electron chi connectivity index (χ1n) is 7.70. The summed E-state index contributed by atoms with van der Waals surface area (Å²) in [7, 11) is 1.72. The highest BCUT2D eigenvalue weighted by molar-refractivity contribution is 5.35. The van der Waals surface area contributed by atoms with E-state index in [9.17, 15) is 0 Å². The number of hydrogen-bond acceptors (Lipinski definition) is 3. The van der Waals surface area contributed by atoms with Crippen molar-refractivity contribution in [1.82, 2.24) is 5.32 Å². The van der Waals surface area contributed by atoms with E-state index in [1.54, 1.807) is 7.11 Å². The molecule has 114 valence electrons. The van der Waals surface area contributed by atoms with Crippen LogP contribution in [0.1, 0.15) is 51.6 Å². The number of methoxy groups -OCH3 is 1. The lowest BCUT2D eigenvalue weighted by atomic mass is 10.1. The van der Waals surface area contributed by atoms with Crippen LogP contribution in [0.3, 0.4) is 0 Å². The van der Waals surface area contributed by atoms with Gasteiger partial charge in [-0.15, -0.1) is 0 Å². The first-order chi connectivity index (χ1) is 9.72. The summed E-state index contributed by atoms with van der Waals surface area (Å²) in [5, 5.41) is 3.55. The van der Waals surface area contributed by atoms with Gasteiger partial charge in [0.05, 0.1) is 25.9 Å². The molecular formula is C17H29NO2. The van der Waals surface area contributed by atoms with E-state index in [4.69, 9.17) is 9.47 Å². The first-order valence-corrected chi connectivity index (χ1v) is 7.70. The maximum Gasteiger partial charge on any atom is 0.123 e. The average Bonchev–Trinajstić information content (AvgIpc) is 2.48. The molecule has 3 heteroatoms. The molecule has 1 aromatic carbocycles. The number of rotatable bonds is 10. The van der Waals surface area contributed by atoms with Crippen molar-refractivity contribution in [2.45, 2.75) is 52.2 Å². The second-order valence-electron chi connectivity index (χ2n) is 5.18. The first kappa shape index (κ1) is 17.0. The molecule has 1 rings (SSSR count). The number of ether oxygens (including phenoxy) is 2. The molecule has 0 aliphatic heterocycles. The van der Waals surface area contributed by atoms with E-state index in [-0.39, 0.29) is 6.04 Å². The normalized spacial score (nSPS) is 14.0. The van der Waals surface area contributed by atoms with Gasteiger partial charge in [0.2, 0.25) is 0 Å². The standard InChI is InChI=1S/C17H29NO2/c1-5-9-14(3)20-13-16(18-12-6-2)15-10-7-8-11-17(15)19-4/h7-8,10-11,14,16,18H,5-6,9,12-13H2,1-4H3. The zero-order valence-corrected chi connectivity index (χ0v) is 13.3. The largest absolute Gasteiger partial charge is 0.496 e. The van der Waals surface area contributed by atoms with Crippen LogP contribution in [-0.4, -0.2) is 26.4 Å². The van der Waals surface area contributed by atoms with Gasteiger partial charge >= 0.3 is 0 Å². The molecule has 1 aromatic rings. The van der Waals surface area contributed by atoms with Crippen molar-refractivity contribution >= 4 is 0 Å². The van der Waals surface area contributed by atoms with Gasteiger partial charge in [-0.2, -0.15) is 0 Å². The van der Waals surface area contributed by atoms with E-state index < -0.39 is 0 Å². The monoisotopic (exact) mass is 279 g/mol. The van der Waals surface area contributed by atoms with E-state index in [1.807, 2.05) is 18.2 Å². The molecule has 0 aliphatic carbocycles. The Bertz CT molecular complexity index is 368. The van der Waals surface area contributed by atoms with Gasteiger partial charge in [0.15, 0.2) is 0 Å². The maximum atomic E-state index is 5.98. The summed E-state index contributed by atoms with van der Waals surface area (Å²) in [6.07, 6.45) is 3.67. The number of benzene rings is 1. The van der Waals surface area contributed by atoms with Gasteiger partial charge in [-0.05, 0) is 32.4 Å².